The number of halogens is 3. The molecule has 0 atom stereocenters. The highest BCUT2D eigenvalue weighted by Gasteiger charge is 2.23. The second-order valence-corrected chi connectivity index (χ2v) is 10.2. The molecule has 2 aromatic rings. The molecule has 0 radical (unpaired) electrons. The molecule has 0 heterocycles. The summed E-state index contributed by atoms with van der Waals surface area (Å²) < 4.78 is 25.2. The quantitative estimate of drug-likeness (QED) is 0.537. The van der Waals surface area contributed by atoms with Crippen molar-refractivity contribution in [1.29, 1.82) is 0 Å². The van der Waals surface area contributed by atoms with Gasteiger partial charge in [-0.25, -0.2) is 8.42 Å². The van der Waals surface area contributed by atoms with Crippen molar-refractivity contribution in [2.24, 2.45) is 0 Å². The van der Waals surface area contributed by atoms with Gasteiger partial charge in [-0.15, -0.1) is 0 Å². The average Bonchev–Trinajstić information content (AvgIpc) is 2.62. The molecule has 0 aliphatic rings. The molecule has 1 N–H and O–H groups in total. The number of rotatable bonds is 9. The van der Waals surface area contributed by atoms with E-state index in [0.29, 0.717) is 22.3 Å². The summed E-state index contributed by atoms with van der Waals surface area (Å²) in [6.45, 7) is 0.0404. The lowest BCUT2D eigenvalue weighted by molar-refractivity contribution is -0.119. The van der Waals surface area contributed by atoms with Crippen molar-refractivity contribution in [2.45, 2.75) is 5.75 Å². The van der Waals surface area contributed by atoms with Gasteiger partial charge in [-0.2, -0.15) is 11.8 Å². The molecule has 0 fully saturated rings. The maximum Gasteiger partial charge on any atom is 0.240 e. The highest BCUT2D eigenvalue weighted by molar-refractivity contribution is 7.98. The fourth-order valence-corrected chi connectivity index (χ4v) is 4.52. The summed E-state index contributed by atoms with van der Waals surface area (Å²) in [7, 11) is -3.71. The summed E-state index contributed by atoms with van der Waals surface area (Å²) in [6.07, 6.45) is 1.01. The number of hydrogen-bond acceptors (Lipinski definition) is 4. The molecule has 0 unspecified atom stereocenters. The molecule has 10 heteroatoms. The molecular weight excluding hydrogens is 463 g/mol. The first-order valence-electron chi connectivity index (χ1n) is 8.18. The molecule has 2 rings (SSSR count). The third kappa shape index (κ3) is 7.37. The van der Waals surface area contributed by atoms with E-state index >= 15 is 0 Å². The summed E-state index contributed by atoms with van der Waals surface area (Å²) in [6, 6.07) is 12.0. The Morgan fingerprint density at radius 2 is 1.71 bits per heavy atom. The van der Waals surface area contributed by atoms with Crippen LogP contribution >= 0.6 is 46.6 Å². The van der Waals surface area contributed by atoms with Gasteiger partial charge in [0, 0.05) is 28.1 Å². The molecule has 28 heavy (non-hydrogen) atoms. The van der Waals surface area contributed by atoms with Crippen molar-refractivity contribution in [1.82, 2.24) is 5.32 Å². The van der Waals surface area contributed by atoms with Crippen LogP contribution in [-0.4, -0.2) is 39.4 Å². The van der Waals surface area contributed by atoms with Crippen LogP contribution in [0.3, 0.4) is 0 Å². The Labute approximate surface area is 184 Å². The fraction of sp³-hybridized carbons (Fsp3) is 0.278. The molecule has 0 aliphatic heterocycles. The molecular formula is C18H19Cl3N2O3S2. The van der Waals surface area contributed by atoms with E-state index in [1.54, 1.807) is 17.8 Å². The second-order valence-electron chi connectivity index (χ2n) is 5.89. The van der Waals surface area contributed by atoms with Gasteiger partial charge in [-0.3, -0.25) is 9.10 Å². The number of thioether (sulfide) groups is 1. The predicted molar refractivity (Wildman–Crippen MR) is 119 cm³/mol. The van der Waals surface area contributed by atoms with Gasteiger partial charge in [0.05, 0.1) is 17.0 Å². The maximum atomic E-state index is 12.2. The molecule has 2 aromatic carbocycles. The Hall–Kier alpha value is -1.12. The van der Waals surface area contributed by atoms with E-state index in [4.69, 9.17) is 34.8 Å². The number of carbonyl (C=O) groups is 1. The maximum absolute atomic E-state index is 12.2. The van der Waals surface area contributed by atoms with Crippen molar-refractivity contribution < 1.29 is 13.2 Å². The van der Waals surface area contributed by atoms with Crippen molar-refractivity contribution in [3.05, 3.63) is 63.1 Å². The van der Waals surface area contributed by atoms with Gasteiger partial charge in [0.15, 0.2) is 0 Å². The summed E-state index contributed by atoms with van der Waals surface area (Å²) in [5.41, 5.74) is 1.31. The highest BCUT2D eigenvalue weighted by Crippen LogP contribution is 2.30. The van der Waals surface area contributed by atoms with Crippen molar-refractivity contribution >= 4 is 68.2 Å². The van der Waals surface area contributed by atoms with Crippen LogP contribution in [0.4, 0.5) is 5.69 Å². The van der Waals surface area contributed by atoms with Crippen LogP contribution in [-0.2, 0) is 20.6 Å². The number of anilines is 1. The predicted octanol–water partition coefficient (Wildman–Crippen LogP) is 4.46. The minimum absolute atomic E-state index is 0.170. The van der Waals surface area contributed by atoms with E-state index in [1.807, 2.05) is 24.3 Å². The third-order valence-corrected chi connectivity index (χ3v) is 6.58. The molecule has 1 amide bonds. The number of benzene rings is 2. The Morgan fingerprint density at radius 1 is 1.07 bits per heavy atom. The molecule has 0 aromatic heterocycles. The van der Waals surface area contributed by atoms with E-state index in [0.717, 1.165) is 21.9 Å². The number of nitrogens with zero attached hydrogens (tertiary/aromatic N) is 1. The topological polar surface area (TPSA) is 66.5 Å². The van der Waals surface area contributed by atoms with E-state index in [2.05, 4.69) is 5.32 Å². The smallest absolute Gasteiger partial charge is 0.240 e. The van der Waals surface area contributed by atoms with Crippen LogP contribution in [0, 0.1) is 0 Å². The lowest BCUT2D eigenvalue weighted by Crippen LogP contribution is -2.41. The number of amides is 1. The Kier molecular flexibility index (Phi) is 8.77. The third-order valence-electron chi connectivity index (χ3n) is 3.61. The first kappa shape index (κ1) is 23.2. The molecule has 152 valence electrons. The minimum atomic E-state index is -3.71. The van der Waals surface area contributed by atoms with E-state index < -0.39 is 15.9 Å². The lowest BCUT2D eigenvalue weighted by Gasteiger charge is -2.23. The SMILES string of the molecule is CS(=O)(=O)N(CC(=O)NCCSCc1ccc(Cl)cc1)c1cc(Cl)ccc1Cl. The molecule has 0 saturated carbocycles. The summed E-state index contributed by atoms with van der Waals surface area (Å²) >= 11 is 19.5. The van der Waals surface area contributed by atoms with Crippen LogP contribution in [0.25, 0.3) is 0 Å². The van der Waals surface area contributed by atoms with Crippen LogP contribution in [0.5, 0.6) is 0 Å². The van der Waals surface area contributed by atoms with Gasteiger partial charge in [0.25, 0.3) is 0 Å². The second kappa shape index (κ2) is 10.6. The van der Waals surface area contributed by atoms with Gasteiger partial charge < -0.3 is 5.32 Å². The highest BCUT2D eigenvalue weighted by atomic mass is 35.5. The Balaban J connectivity index is 1.86. The fourth-order valence-electron chi connectivity index (χ4n) is 2.28. The van der Waals surface area contributed by atoms with Crippen molar-refractivity contribution in [2.75, 3.05) is 29.4 Å². The van der Waals surface area contributed by atoms with Crippen LogP contribution in [0.2, 0.25) is 15.1 Å². The molecule has 0 spiro atoms. The average molecular weight is 482 g/mol. The van der Waals surface area contributed by atoms with E-state index in [1.165, 1.54) is 12.1 Å². The van der Waals surface area contributed by atoms with Gasteiger partial charge in [-0.05, 0) is 35.9 Å². The number of hydrogen-bond donors (Lipinski definition) is 1. The van der Waals surface area contributed by atoms with Gasteiger partial charge in [0.2, 0.25) is 15.9 Å². The summed E-state index contributed by atoms with van der Waals surface area (Å²) in [4.78, 5) is 12.2. The zero-order chi connectivity index (χ0) is 20.7. The molecule has 0 aliphatic carbocycles. The standard InChI is InChI=1S/C18H19Cl3N2O3S2/c1-28(25,26)23(17-10-15(20)6-7-16(17)21)11-18(24)22-8-9-27-12-13-2-4-14(19)5-3-13/h2-7,10H,8-9,11-12H2,1H3,(H,22,24). The minimum Gasteiger partial charge on any atom is -0.354 e. The van der Waals surface area contributed by atoms with E-state index in [9.17, 15) is 13.2 Å². The largest absolute Gasteiger partial charge is 0.354 e. The zero-order valence-corrected chi connectivity index (χ0v) is 18.9. The number of carbonyl (C=O) groups excluding carboxylic acids is 1. The molecule has 0 saturated heterocycles. The number of nitrogens with one attached hydrogen (secondary N) is 1. The van der Waals surface area contributed by atoms with Gasteiger partial charge >= 0.3 is 0 Å². The van der Waals surface area contributed by atoms with Gasteiger partial charge in [-0.1, -0.05) is 46.9 Å². The first-order valence-corrected chi connectivity index (χ1v) is 12.3. The molecule has 0 bridgehead atoms. The van der Waals surface area contributed by atoms with Crippen LogP contribution in [0.15, 0.2) is 42.5 Å². The number of sulfonamides is 1. The summed E-state index contributed by atoms with van der Waals surface area (Å²) in [5.74, 6) is 1.06. The zero-order valence-electron chi connectivity index (χ0n) is 15.0. The lowest BCUT2D eigenvalue weighted by atomic mass is 10.2. The summed E-state index contributed by atoms with van der Waals surface area (Å²) in [5, 5.41) is 3.93. The molecule has 5 nitrogen and oxygen atoms in total. The van der Waals surface area contributed by atoms with Crippen molar-refractivity contribution in [3.8, 4) is 0 Å². The van der Waals surface area contributed by atoms with Crippen molar-refractivity contribution in [3.63, 3.8) is 0 Å². The normalized spacial score (nSPS) is 11.3. The monoisotopic (exact) mass is 480 g/mol. The van der Waals surface area contributed by atoms with Crippen LogP contribution in [0.1, 0.15) is 5.56 Å². The van der Waals surface area contributed by atoms with Crippen LogP contribution < -0.4 is 9.62 Å². The van der Waals surface area contributed by atoms with Gasteiger partial charge in [0.1, 0.15) is 6.54 Å². The Morgan fingerprint density at radius 3 is 2.36 bits per heavy atom. The Bertz CT molecular complexity index is 922. The van der Waals surface area contributed by atoms with E-state index in [-0.39, 0.29) is 17.3 Å². The first-order chi connectivity index (χ1) is 13.2.